The maximum atomic E-state index is 6.41. The summed E-state index contributed by atoms with van der Waals surface area (Å²) in [5, 5.41) is 4.27. The number of hydrogen-bond acceptors (Lipinski definition) is 3. The van der Waals surface area contributed by atoms with Crippen LogP contribution in [0.4, 0.5) is 0 Å². The second kappa shape index (κ2) is 5.37. The molecule has 1 aromatic rings. The highest BCUT2D eigenvalue weighted by molar-refractivity contribution is 6.33. The lowest BCUT2D eigenvalue weighted by Gasteiger charge is -2.25. The number of benzene rings is 1. The Morgan fingerprint density at radius 2 is 2.11 bits per heavy atom. The molecular formula is C14H18ClNO2. The molecule has 0 spiro atoms. The maximum Gasteiger partial charge on any atom is 0.180 e. The van der Waals surface area contributed by atoms with E-state index in [1.165, 1.54) is 19.3 Å². The summed E-state index contributed by atoms with van der Waals surface area (Å²) < 4.78 is 11.1. The van der Waals surface area contributed by atoms with Gasteiger partial charge in [-0.3, -0.25) is 0 Å². The highest BCUT2D eigenvalue weighted by Crippen LogP contribution is 2.39. The summed E-state index contributed by atoms with van der Waals surface area (Å²) >= 11 is 6.41. The Morgan fingerprint density at radius 1 is 1.22 bits per heavy atom. The molecule has 0 saturated carbocycles. The predicted molar refractivity (Wildman–Crippen MR) is 71.8 cm³/mol. The standard InChI is InChI=1S/C14H18ClNO2/c15-13-10(9-11-3-1-2-6-16-11)4-5-12-14(13)18-8-7-17-12/h4-5,11,16H,1-3,6-9H2. The number of piperidine rings is 1. The van der Waals surface area contributed by atoms with Gasteiger partial charge in [-0.1, -0.05) is 24.1 Å². The number of nitrogens with one attached hydrogen (secondary N) is 1. The first-order chi connectivity index (χ1) is 8.84. The van der Waals surface area contributed by atoms with Crippen LogP contribution in [0.5, 0.6) is 11.5 Å². The van der Waals surface area contributed by atoms with Gasteiger partial charge in [0, 0.05) is 6.04 Å². The van der Waals surface area contributed by atoms with Crippen LogP contribution in [0.3, 0.4) is 0 Å². The minimum absolute atomic E-state index is 0.541. The van der Waals surface area contributed by atoms with Crippen molar-refractivity contribution in [1.82, 2.24) is 5.32 Å². The van der Waals surface area contributed by atoms with Gasteiger partial charge < -0.3 is 14.8 Å². The van der Waals surface area contributed by atoms with Gasteiger partial charge >= 0.3 is 0 Å². The molecule has 1 saturated heterocycles. The third-order valence-electron chi connectivity index (χ3n) is 3.61. The molecule has 2 heterocycles. The zero-order valence-electron chi connectivity index (χ0n) is 10.4. The summed E-state index contributed by atoms with van der Waals surface area (Å²) in [6, 6.07) is 4.57. The quantitative estimate of drug-likeness (QED) is 0.894. The zero-order chi connectivity index (χ0) is 12.4. The van der Waals surface area contributed by atoms with Crippen molar-refractivity contribution in [3.8, 4) is 11.5 Å². The summed E-state index contributed by atoms with van der Waals surface area (Å²) in [4.78, 5) is 0. The molecule has 0 radical (unpaired) electrons. The highest BCUT2D eigenvalue weighted by atomic mass is 35.5. The molecule has 3 nitrogen and oxygen atoms in total. The van der Waals surface area contributed by atoms with E-state index in [-0.39, 0.29) is 0 Å². The van der Waals surface area contributed by atoms with E-state index in [1.807, 2.05) is 6.07 Å². The van der Waals surface area contributed by atoms with Crippen LogP contribution < -0.4 is 14.8 Å². The fraction of sp³-hybridized carbons (Fsp3) is 0.571. The second-order valence-corrected chi connectivity index (χ2v) is 5.29. The van der Waals surface area contributed by atoms with Crippen molar-refractivity contribution in [1.29, 1.82) is 0 Å². The predicted octanol–water partition coefficient (Wildman–Crippen LogP) is 2.80. The van der Waals surface area contributed by atoms with Crippen LogP contribution >= 0.6 is 11.6 Å². The van der Waals surface area contributed by atoms with Crippen LogP contribution in [0.2, 0.25) is 5.02 Å². The molecule has 98 valence electrons. The van der Waals surface area contributed by atoms with Gasteiger partial charge in [-0.2, -0.15) is 0 Å². The fourth-order valence-electron chi connectivity index (χ4n) is 2.64. The molecule has 4 heteroatoms. The maximum absolute atomic E-state index is 6.41. The Labute approximate surface area is 112 Å². The monoisotopic (exact) mass is 267 g/mol. The van der Waals surface area contributed by atoms with E-state index in [2.05, 4.69) is 11.4 Å². The lowest BCUT2D eigenvalue weighted by atomic mass is 9.97. The van der Waals surface area contributed by atoms with E-state index >= 15 is 0 Å². The van der Waals surface area contributed by atoms with Crippen molar-refractivity contribution < 1.29 is 9.47 Å². The summed E-state index contributed by atoms with van der Waals surface area (Å²) in [5.74, 6) is 1.49. The third-order valence-corrected chi connectivity index (χ3v) is 4.02. The van der Waals surface area contributed by atoms with E-state index in [0.29, 0.717) is 19.3 Å². The van der Waals surface area contributed by atoms with Crippen LogP contribution in [-0.4, -0.2) is 25.8 Å². The van der Waals surface area contributed by atoms with Gasteiger partial charge in [-0.15, -0.1) is 0 Å². The molecule has 0 amide bonds. The molecule has 3 rings (SSSR count). The van der Waals surface area contributed by atoms with Gasteiger partial charge in [0.15, 0.2) is 11.5 Å². The molecule has 2 aliphatic rings. The van der Waals surface area contributed by atoms with Gasteiger partial charge in [-0.05, 0) is 37.4 Å². The summed E-state index contributed by atoms with van der Waals surface area (Å²) in [5.41, 5.74) is 1.15. The number of rotatable bonds is 2. The van der Waals surface area contributed by atoms with Crippen molar-refractivity contribution in [3.05, 3.63) is 22.7 Å². The minimum Gasteiger partial charge on any atom is -0.486 e. The van der Waals surface area contributed by atoms with Gasteiger partial charge in [0.05, 0.1) is 5.02 Å². The van der Waals surface area contributed by atoms with Gasteiger partial charge in [0.2, 0.25) is 0 Å². The van der Waals surface area contributed by atoms with Gasteiger partial charge in [-0.25, -0.2) is 0 Å². The molecule has 0 bridgehead atoms. The molecule has 1 unspecified atom stereocenters. The van der Waals surface area contributed by atoms with Crippen molar-refractivity contribution in [3.63, 3.8) is 0 Å². The lowest BCUT2D eigenvalue weighted by molar-refractivity contribution is 0.171. The zero-order valence-corrected chi connectivity index (χ0v) is 11.1. The van der Waals surface area contributed by atoms with Crippen molar-refractivity contribution >= 4 is 11.6 Å². The molecule has 1 aromatic carbocycles. The van der Waals surface area contributed by atoms with Crippen LogP contribution in [0, 0.1) is 0 Å². The van der Waals surface area contributed by atoms with Crippen molar-refractivity contribution in [2.75, 3.05) is 19.8 Å². The summed E-state index contributed by atoms with van der Waals surface area (Å²) in [6.07, 6.45) is 4.78. The van der Waals surface area contributed by atoms with E-state index in [4.69, 9.17) is 21.1 Å². The number of ether oxygens (including phenoxy) is 2. The Balaban J connectivity index is 1.79. The van der Waals surface area contributed by atoms with Gasteiger partial charge in [0.1, 0.15) is 13.2 Å². The van der Waals surface area contributed by atoms with E-state index in [1.54, 1.807) is 0 Å². The molecule has 0 aliphatic carbocycles. The molecule has 1 atom stereocenters. The number of hydrogen-bond donors (Lipinski definition) is 1. The molecule has 1 fully saturated rings. The lowest BCUT2D eigenvalue weighted by Crippen LogP contribution is -2.35. The molecule has 18 heavy (non-hydrogen) atoms. The highest BCUT2D eigenvalue weighted by Gasteiger charge is 2.20. The molecular weight excluding hydrogens is 250 g/mol. The van der Waals surface area contributed by atoms with E-state index < -0.39 is 0 Å². The minimum atomic E-state index is 0.541. The number of halogens is 1. The Morgan fingerprint density at radius 3 is 2.94 bits per heavy atom. The average Bonchev–Trinajstić information content (AvgIpc) is 2.43. The largest absolute Gasteiger partial charge is 0.486 e. The Kier molecular flexibility index (Phi) is 3.62. The van der Waals surface area contributed by atoms with E-state index in [0.717, 1.165) is 35.1 Å². The third kappa shape index (κ3) is 2.43. The van der Waals surface area contributed by atoms with Crippen molar-refractivity contribution in [2.45, 2.75) is 31.7 Å². The first-order valence-electron chi connectivity index (χ1n) is 6.65. The number of fused-ring (bicyclic) bond motifs is 1. The van der Waals surface area contributed by atoms with Crippen LogP contribution in [0.15, 0.2) is 12.1 Å². The molecule has 2 aliphatic heterocycles. The summed E-state index contributed by atoms with van der Waals surface area (Å²) in [6.45, 7) is 2.30. The van der Waals surface area contributed by atoms with Crippen LogP contribution in [0.25, 0.3) is 0 Å². The molecule has 1 N–H and O–H groups in total. The smallest absolute Gasteiger partial charge is 0.180 e. The first kappa shape index (κ1) is 12.1. The summed E-state index contributed by atoms with van der Waals surface area (Å²) in [7, 11) is 0. The Bertz CT molecular complexity index is 430. The SMILES string of the molecule is Clc1c(CC2CCCCN2)ccc2c1OCCO2. The average molecular weight is 268 g/mol. The normalized spacial score (nSPS) is 22.8. The molecule has 0 aromatic heterocycles. The fourth-order valence-corrected chi connectivity index (χ4v) is 2.93. The van der Waals surface area contributed by atoms with Crippen LogP contribution in [0.1, 0.15) is 24.8 Å². The second-order valence-electron chi connectivity index (χ2n) is 4.91. The topological polar surface area (TPSA) is 30.5 Å². The van der Waals surface area contributed by atoms with Gasteiger partial charge in [0.25, 0.3) is 0 Å². The van der Waals surface area contributed by atoms with E-state index in [9.17, 15) is 0 Å². The Hall–Kier alpha value is -0.930. The van der Waals surface area contributed by atoms with Crippen LogP contribution in [-0.2, 0) is 6.42 Å². The first-order valence-corrected chi connectivity index (χ1v) is 7.03. The van der Waals surface area contributed by atoms with Crippen molar-refractivity contribution in [2.24, 2.45) is 0 Å².